The van der Waals surface area contributed by atoms with Crippen molar-refractivity contribution >= 4 is 17.1 Å². The van der Waals surface area contributed by atoms with Gasteiger partial charge in [0.2, 0.25) is 0 Å². The summed E-state index contributed by atoms with van der Waals surface area (Å²) in [5.74, 6) is -0.189. The van der Waals surface area contributed by atoms with Gasteiger partial charge in [0.1, 0.15) is 11.8 Å². The summed E-state index contributed by atoms with van der Waals surface area (Å²) in [5, 5.41) is 3.01. The molecule has 0 atom stereocenters. The quantitative estimate of drug-likeness (QED) is 0.884. The van der Waals surface area contributed by atoms with Crippen LogP contribution < -0.4 is 5.32 Å². The molecule has 2 N–H and O–H groups in total. The molecule has 21 heavy (non-hydrogen) atoms. The molecule has 0 radical (unpaired) electrons. The number of hydrogen-bond acceptors (Lipinski definition) is 5. The van der Waals surface area contributed by atoms with E-state index in [4.69, 9.17) is 4.74 Å². The van der Waals surface area contributed by atoms with Gasteiger partial charge in [-0.3, -0.25) is 4.79 Å². The SMILES string of the molecule is CCC1(CNC(=O)c2ncnc3nc[nH]c23)CCOCC1. The molecule has 2 aromatic heterocycles. The number of hydrogen-bond donors (Lipinski definition) is 2. The fourth-order valence-corrected chi connectivity index (χ4v) is 2.75. The molecule has 112 valence electrons. The van der Waals surface area contributed by atoms with E-state index in [1.165, 1.54) is 12.7 Å². The number of amides is 1. The first kappa shape index (κ1) is 13.9. The van der Waals surface area contributed by atoms with Crippen molar-refractivity contribution < 1.29 is 9.53 Å². The van der Waals surface area contributed by atoms with Crippen molar-refractivity contribution in [2.24, 2.45) is 5.41 Å². The summed E-state index contributed by atoms with van der Waals surface area (Å²) in [4.78, 5) is 27.4. The highest BCUT2D eigenvalue weighted by atomic mass is 16.5. The van der Waals surface area contributed by atoms with Crippen LogP contribution in [0.1, 0.15) is 36.7 Å². The lowest BCUT2D eigenvalue weighted by molar-refractivity contribution is 0.0128. The third-order valence-corrected chi connectivity index (χ3v) is 4.37. The normalized spacial score (nSPS) is 17.8. The van der Waals surface area contributed by atoms with Crippen molar-refractivity contribution in [2.45, 2.75) is 26.2 Å². The molecule has 1 amide bonds. The molecular formula is C14H19N5O2. The number of aromatic nitrogens is 4. The molecule has 1 aliphatic rings. The third kappa shape index (κ3) is 2.73. The number of aromatic amines is 1. The number of fused-ring (bicyclic) bond motifs is 1. The number of nitrogens with one attached hydrogen (secondary N) is 2. The zero-order valence-corrected chi connectivity index (χ0v) is 12.1. The minimum Gasteiger partial charge on any atom is -0.381 e. The van der Waals surface area contributed by atoms with E-state index in [1.54, 1.807) is 0 Å². The monoisotopic (exact) mass is 289 g/mol. The second-order valence-corrected chi connectivity index (χ2v) is 5.47. The number of nitrogens with zero attached hydrogens (tertiary/aromatic N) is 3. The molecule has 1 aliphatic heterocycles. The highest BCUT2D eigenvalue weighted by Crippen LogP contribution is 2.33. The Morgan fingerprint density at radius 1 is 1.38 bits per heavy atom. The van der Waals surface area contributed by atoms with E-state index in [9.17, 15) is 4.79 Å². The molecule has 0 spiro atoms. The predicted octanol–water partition coefficient (Wildman–Crippen LogP) is 1.29. The van der Waals surface area contributed by atoms with Crippen LogP contribution in [-0.4, -0.2) is 45.6 Å². The van der Waals surface area contributed by atoms with Crippen LogP contribution in [0.5, 0.6) is 0 Å². The fraction of sp³-hybridized carbons (Fsp3) is 0.571. The van der Waals surface area contributed by atoms with E-state index in [1.807, 2.05) is 0 Å². The summed E-state index contributed by atoms with van der Waals surface area (Å²) in [6.07, 6.45) is 5.87. The molecule has 0 aliphatic carbocycles. The lowest BCUT2D eigenvalue weighted by atomic mass is 9.78. The minimum absolute atomic E-state index is 0.133. The molecule has 0 saturated carbocycles. The van der Waals surface area contributed by atoms with Gasteiger partial charge in [0.15, 0.2) is 11.3 Å². The summed E-state index contributed by atoms with van der Waals surface area (Å²) in [6, 6.07) is 0. The maximum Gasteiger partial charge on any atom is 0.272 e. The molecule has 2 aromatic rings. The Hall–Kier alpha value is -2.02. The first-order valence-corrected chi connectivity index (χ1v) is 7.24. The van der Waals surface area contributed by atoms with E-state index in [0.717, 1.165) is 32.5 Å². The average molecular weight is 289 g/mol. The number of carbonyl (C=O) groups is 1. The highest BCUT2D eigenvalue weighted by Gasteiger charge is 2.31. The maximum atomic E-state index is 12.4. The molecular weight excluding hydrogens is 270 g/mol. The van der Waals surface area contributed by atoms with Crippen LogP contribution in [0.2, 0.25) is 0 Å². The number of ether oxygens (including phenoxy) is 1. The van der Waals surface area contributed by atoms with Gasteiger partial charge in [-0.05, 0) is 24.7 Å². The summed E-state index contributed by atoms with van der Waals surface area (Å²) < 4.78 is 5.42. The van der Waals surface area contributed by atoms with E-state index in [2.05, 4.69) is 32.2 Å². The van der Waals surface area contributed by atoms with Gasteiger partial charge in [0, 0.05) is 19.8 Å². The smallest absolute Gasteiger partial charge is 0.272 e. The Kier molecular flexibility index (Phi) is 3.83. The van der Waals surface area contributed by atoms with Crippen molar-refractivity contribution in [1.29, 1.82) is 0 Å². The van der Waals surface area contributed by atoms with Gasteiger partial charge in [-0.2, -0.15) is 0 Å². The van der Waals surface area contributed by atoms with Crippen LogP contribution in [0.15, 0.2) is 12.7 Å². The predicted molar refractivity (Wildman–Crippen MR) is 76.8 cm³/mol. The van der Waals surface area contributed by atoms with Gasteiger partial charge in [-0.25, -0.2) is 15.0 Å². The maximum absolute atomic E-state index is 12.4. The summed E-state index contributed by atoms with van der Waals surface area (Å²) in [5.41, 5.74) is 1.56. The molecule has 0 aromatic carbocycles. The summed E-state index contributed by atoms with van der Waals surface area (Å²) in [7, 11) is 0. The summed E-state index contributed by atoms with van der Waals surface area (Å²) in [6.45, 7) is 4.34. The van der Waals surface area contributed by atoms with Crippen LogP contribution in [0.25, 0.3) is 11.2 Å². The van der Waals surface area contributed by atoms with Crippen LogP contribution in [-0.2, 0) is 4.74 Å². The third-order valence-electron chi connectivity index (χ3n) is 4.37. The van der Waals surface area contributed by atoms with Gasteiger partial charge >= 0.3 is 0 Å². The first-order chi connectivity index (χ1) is 10.2. The van der Waals surface area contributed by atoms with Crippen molar-refractivity contribution in [2.75, 3.05) is 19.8 Å². The molecule has 7 heteroatoms. The van der Waals surface area contributed by atoms with Gasteiger partial charge < -0.3 is 15.0 Å². The number of H-pyrrole nitrogens is 1. The Morgan fingerprint density at radius 2 is 2.19 bits per heavy atom. The van der Waals surface area contributed by atoms with E-state index < -0.39 is 0 Å². The van der Waals surface area contributed by atoms with Gasteiger partial charge in [0.05, 0.1) is 6.33 Å². The van der Waals surface area contributed by atoms with E-state index >= 15 is 0 Å². The van der Waals surface area contributed by atoms with Crippen molar-refractivity contribution in [3.63, 3.8) is 0 Å². The molecule has 0 unspecified atom stereocenters. The summed E-state index contributed by atoms with van der Waals surface area (Å²) >= 11 is 0. The average Bonchev–Trinajstić information content (AvgIpc) is 3.02. The van der Waals surface area contributed by atoms with Crippen LogP contribution in [0.3, 0.4) is 0 Å². The van der Waals surface area contributed by atoms with Crippen LogP contribution in [0, 0.1) is 5.41 Å². The molecule has 3 rings (SSSR count). The van der Waals surface area contributed by atoms with Crippen LogP contribution >= 0.6 is 0 Å². The Bertz CT molecular complexity index is 633. The van der Waals surface area contributed by atoms with Crippen molar-refractivity contribution in [1.82, 2.24) is 25.3 Å². The molecule has 1 saturated heterocycles. The molecule has 3 heterocycles. The first-order valence-electron chi connectivity index (χ1n) is 7.24. The lowest BCUT2D eigenvalue weighted by Gasteiger charge is -2.36. The Labute approximate surface area is 122 Å². The van der Waals surface area contributed by atoms with Gasteiger partial charge in [0.25, 0.3) is 5.91 Å². The van der Waals surface area contributed by atoms with E-state index in [-0.39, 0.29) is 11.3 Å². The number of imidazole rings is 1. The zero-order chi connectivity index (χ0) is 14.7. The topological polar surface area (TPSA) is 92.8 Å². The van der Waals surface area contributed by atoms with Crippen LogP contribution in [0.4, 0.5) is 0 Å². The van der Waals surface area contributed by atoms with E-state index in [0.29, 0.717) is 23.4 Å². The number of rotatable bonds is 4. The highest BCUT2D eigenvalue weighted by molar-refractivity contribution is 6.01. The minimum atomic E-state index is -0.189. The van der Waals surface area contributed by atoms with Gasteiger partial charge in [-0.1, -0.05) is 6.92 Å². The molecule has 0 bridgehead atoms. The lowest BCUT2D eigenvalue weighted by Crippen LogP contribution is -2.41. The molecule has 1 fully saturated rings. The number of carbonyl (C=O) groups excluding carboxylic acids is 1. The van der Waals surface area contributed by atoms with Crippen molar-refractivity contribution in [3.05, 3.63) is 18.3 Å². The fourth-order valence-electron chi connectivity index (χ4n) is 2.75. The second-order valence-electron chi connectivity index (χ2n) is 5.47. The Morgan fingerprint density at radius 3 is 2.95 bits per heavy atom. The standard InChI is InChI=1S/C14H19N5O2/c1-2-14(3-5-21-6-4-14)7-15-13(20)11-10-12(18-8-16-10)19-9-17-11/h8-9H,2-7H2,1H3,(H,15,20)(H,16,17,18,19). The zero-order valence-electron chi connectivity index (χ0n) is 12.1. The Balaban J connectivity index is 1.73. The second kappa shape index (κ2) is 5.77. The molecule has 7 nitrogen and oxygen atoms in total. The van der Waals surface area contributed by atoms with Gasteiger partial charge in [-0.15, -0.1) is 0 Å². The van der Waals surface area contributed by atoms with Crippen molar-refractivity contribution in [3.8, 4) is 0 Å². The largest absolute Gasteiger partial charge is 0.381 e.